The van der Waals surface area contributed by atoms with Gasteiger partial charge in [0.1, 0.15) is 29.3 Å². The van der Waals surface area contributed by atoms with Gasteiger partial charge in [0.05, 0.1) is 10.9 Å². The lowest BCUT2D eigenvalue weighted by atomic mass is 10.0. The second kappa shape index (κ2) is 10.3. The number of amides is 1. The van der Waals surface area contributed by atoms with Crippen molar-refractivity contribution in [1.29, 1.82) is 0 Å². The fourth-order valence-corrected chi connectivity index (χ4v) is 4.36. The number of hydrogen-bond acceptors (Lipinski definition) is 6. The molecule has 0 saturated carbocycles. The average molecular weight is 480 g/mol. The number of anilines is 1. The highest BCUT2D eigenvalue weighted by Gasteiger charge is 2.25. The minimum Gasteiger partial charge on any atom is -0.457 e. The molecule has 1 aliphatic rings. The molecule has 3 heterocycles. The number of aromatic amines is 1. The van der Waals surface area contributed by atoms with E-state index in [0.717, 1.165) is 18.6 Å². The third kappa shape index (κ3) is 4.91. The number of piperidine rings is 1. The lowest BCUT2D eigenvalue weighted by Crippen LogP contribution is -2.44. The van der Waals surface area contributed by atoms with Crippen molar-refractivity contribution in [3.8, 4) is 23.3 Å². The van der Waals surface area contributed by atoms with Crippen molar-refractivity contribution in [2.24, 2.45) is 0 Å². The van der Waals surface area contributed by atoms with E-state index in [2.05, 4.69) is 32.1 Å². The summed E-state index contributed by atoms with van der Waals surface area (Å²) in [6, 6.07) is 16.5. The molecule has 2 N–H and O–H groups in total. The van der Waals surface area contributed by atoms with Gasteiger partial charge < -0.3 is 19.9 Å². The first-order valence-corrected chi connectivity index (χ1v) is 11.8. The number of benzene rings is 2. The molecule has 36 heavy (non-hydrogen) atoms. The van der Waals surface area contributed by atoms with Gasteiger partial charge in [-0.15, -0.1) is 0 Å². The number of fused-ring (bicyclic) bond motifs is 1. The zero-order valence-corrected chi connectivity index (χ0v) is 19.8. The minimum absolute atomic E-state index is 0.00766. The summed E-state index contributed by atoms with van der Waals surface area (Å²) >= 11 is 0. The van der Waals surface area contributed by atoms with Gasteiger partial charge in [0.15, 0.2) is 5.78 Å². The monoisotopic (exact) mass is 479 g/mol. The van der Waals surface area contributed by atoms with E-state index in [-0.39, 0.29) is 17.7 Å². The van der Waals surface area contributed by atoms with E-state index < -0.39 is 0 Å². The zero-order chi connectivity index (χ0) is 24.9. The molecule has 0 spiro atoms. The van der Waals surface area contributed by atoms with Gasteiger partial charge in [0, 0.05) is 30.9 Å². The average Bonchev–Trinajstić information content (AvgIpc) is 3.35. The highest BCUT2D eigenvalue weighted by atomic mass is 16.5. The Hall–Kier alpha value is -4.64. The number of hydrogen-bond donors (Lipinski definition) is 2. The number of para-hydroxylation sites is 1. The van der Waals surface area contributed by atoms with Gasteiger partial charge >= 0.3 is 0 Å². The second-order valence-corrected chi connectivity index (χ2v) is 8.53. The van der Waals surface area contributed by atoms with Crippen molar-refractivity contribution >= 4 is 28.5 Å². The van der Waals surface area contributed by atoms with Gasteiger partial charge in [0.2, 0.25) is 0 Å². The van der Waals surface area contributed by atoms with Crippen LogP contribution in [0.3, 0.4) is 0 Å². The SMILES string of the molecule is CC#CC(=O)N1CCCC(Nc2ncnc3[nH]cc(C(=O)c4ccc(Oc5ccccc5)cc4)c23)C1. The van der Waals surface area contributed by atoms with Crippen LogP contribution in [0.25, 0.3) is 11.0 Å². The van der Waals surface area contributed by atoms with E-state index in [1.807, 2.05) is 30.3 Å². The summed E-state index contributed by atoms with van der Waals surface area (Å²) in [5, 5.41) is 4.06. The lowest BCUT2D eigenvalue weighted by molar-refractivity contribution is -0.126. The maximum absolute atomic E-state index is 13.4. The third-order valence-electron chi connectivity index (χ3n) is 6.09. The Morgan fingerprint density at radius 2 is 1.86 bits per heavy atom. The van der Waals surface area contributed by atoms with E-state index in [1.165, 1.54) is 6.33 Å². The molecule has 4 aromatic rings. The molecule has 1 fully saturated rings. The number of H-pyrrole nitrogens is 1. The zero-order valence-electron chi connectivity index (χ0n) is 19.8. The van der Waals surface area contributed by atoms with Gasteiger partial charge in [-0.05, 0) is 62.1 Å². The molecule has 0 bridgehead atoms. The number of rotatable bonds is 6. The van der Waals surface area contributed by atoms with Crippen LogP contribution in [-0.4, -0.2) is 50.7 Å². The molecule has 5 rings (SSSR count). The Balaban J connectivity index is 1.37. The number of carbonyl (C=O) groups is 2. The van der Waals surface area contributed by atoms with E-state index in [4.69, 9.17) is 4.74 Å². The van der Waals surface area contributed by atoms with Crippen molar-refractivity contribution in [2.45, 2.75) is 25.8 Å². The summed E-state index contributed by atoms with van der Waals surface area (Å²) in [5.41, 5.74) is 1.57. The summed E-state index contributed by atoms with van der Waals surface area (Å²) in [6.07, 6.45) is 4.86. The largest absolute Gasteiger partial charge is 0.457 e. The maximum Gasteiger partial charge on any atom is 0.298 e. The van der Waals surface area contributed by atoms with Crippen molar-refractivity contribution in [3.63, 3.8) is 0 Å². The van der Waals surface area contributed by atoms with E-state index in [1.54, 1.807) is 42.3 Å². The predicted octanol–water partition coefficient (Wildman–Crippen LogP) is 4.41. The molecule has 1 atom stereocenters. The van der Waals surface area contributed by atoms with Gasteiger partial charge in [-0.2, -0.15) is 0 Å². The van der Waals surface area contributed by atoms with Crippen molar-refractivity contribution in [2.75, 3.05) is 18.4 Å². The number of nitrogens with one attached hydrogen (secondary N) is 2. The number of nitrogens with zero attached hydrogens (tertiary/aromatic N) is 3. The predicted molar refractivity (Wildman–Crippen MR) is 137 cm³/mol. The summed E-state index contributed by atoms with van der Waals surface area (Å²) in [4.78, 5) is 39.2. The lowest BCUT2D eigenvalue weighted by Gasteiger charge is -2.32. The number of ether oxygens (including phenoxy) is 1. The first-order chi connectivity index (χ1) is 17.6. The Morgan fingerprint density at radius 3 is 2.64 bits per heavy atom. The van der Waals surface area contributed by atoms with Gasteiger partial charge in [0.25, 0.3) is 5.91 Å². The highest BCUT2D eigenvalue weighted by molar-refractivity contribution is 6.18. The first kappa shape index (κ1) is 23.1. The number of likely N-dealkylation sites (tertiary alicyclic amines) is 1. The maximum atomic E-state index is 13.4. The molecule has 2 aromatic carbocycles. The van der Waals surface area contributed by atoms with Crippen LogP contribution in [-0.2, 0) is 4.79 Å². The van der Waals surface area contributed by atoms with Crippen LogP contribution in [0.1, 0.15) is 35.7 Å². The Labute approximate surface area is 208 Å². The molecule has 1 unspecified atom stereocenters. The fraction of sp³-hybridized carbons (Fsp3) is 0.214. The van der Waals surface area contributed by atoms with Crippen molar-refractivity contribution < 1.29 is 14.3 Å². The fourth-order valence-electron chi connectivity index (χ4n) is 4.36. The number of ketones is 1. The molecule has 1 saturated heterocycles. The van der Waals surface area contributed by atoms with Crippen LogP contribution in [0.15, 0.2) is 67.1 Å². The van der Waals surface area contributed by atoms with Gasteiger partial charge in [-0.3, -0.25) is 9.59 Å². The number of carbonyl (C=O) groups excluding carboxylic acids is 2. The highest BCUT2D eigenvalue weighted by Crippen LogP contribution is 2.28. The number of aromatic nitrogens is 3. The molecule has 0 aliphatic carbocycles. The molecule has 1 amide bonds. The summed E-state index contributed by atoms with van der Waals surface area (Å²) in [6.45, 7) is 2.86. The van der Waals surface area contributed by atoms with Crippen LogP contribution in [0, 0.1) is 11.8 Å². The summed E-state index contributed by atoms with van der Waals surface area (Å²) in [5.74, 6) is 6.89. The summed E-state index contributed by atoms with van der Waals surface area (Å²) in [7, 11) is 0. The molecule has 8 heteroatoms. The molecule has 1 aliphatic heterocycles. The molecule has 8 nitrogen and oxygen atoms in total. The van der Waals surface area contributed by atoms with Crippen molar-refractivity contribution in [3.05, 3.63) is 78.2 Å². The van der Waals surface area contributed by atoms with E-state index in [9.17, 15) is 9.59 Å². The van der Waals surface area contributed by atoms with Crippen LogP contribution in [0.2, 0.25) is 0 Å². The smallest absolute Gasteiger partial charge is 0.298 e. The van der Waals surface area contributed by atoms with Crippen LogP contribution in [0.4, 0.5) is 5.82 Å². The molecular formula is C28H25N5O3. The standard InChI is InChI=1S/C28H25N5O3/c1-2-7-24(34)33-15-6-8-20(17-33)32-28-25-23(16-29-27(25)30-18-31-28)26(35)19-11-13-22(14-12-19)36-21-9-4-3-5-10-21/h3-5,9-14,16,18,20H,6,8,15,17H2,1H3,(H2,29,30,31,32). The normalized spacial score (nSPS) is 15.1. The Bertz CT molecular complexity index is 1450. The molecule has 2 aromatic heterocycles. The minimum atomic E-state index is -0.172. The molecule has 180 valence electrons. The van der Waals surface area contributed by atoms with Crippen LogP contribution < -0.4 is 10.1 Å². The van der Waals surface area contributed by atoms with E-state index in [0.29, 0.717) is 46.8 Å². The van der Waals surface area contributed by atoms with Crippen LogP contribution in [0.5, 0.6) is 11.5 Å². The Morgan fingerprint density at radius 1 is 1.08 bits per heavy atom. The Kier molecular flexibility index (Phi) is 6.63. The van der Waals surface area contributed by atoms with Gasteiger partial charge in [-0.1, -0.05) is 24.1 Å². The third-order valence-corrected chi connectivity index (χ3v) is 6.09. The molecular weight excluding hydrogens is 454 g/mol. The quantitative estimate of drug-likeness (QED) is 0.314. The van der Waals surface area contributed by atoms with Crippen molar-refractivity contribution in [1.82, 2.24) is 19.9 Å². The summed E-state index contributed by atoms with van der Waals surface area (Å²) < 4.78 is 5.83. The second-order valence-electron chi connectivity index (χ2n) is 8.53. The van der Waals surface area contributed by atoms with Gasteiger partial charge in [-0.25, -0.2) is 9.97 Å². The van der Waals surface area contributed by atoms with Crippen LogP contribution >= 0.6 is 0 Å². The first-order valence-electron chi connectivity index (χ1n) is 11.8. The van der Waals surface area contributed by atoms with E-state index >= 15 is 0 Å². The topological polar surface area (TPSA) is 100 Å². The molecule has 0 radical (unpaired) electrons.